The molecule has 3 rings (SSSR count). The van der Waals surface area contributed by atoms with Crippen LogP contribution in [0.3, 0.4) is 0 Å². The number of halogens is 1. The number of nitrogens with zero attached hydrogens (tertiary/aromatic N) is 4. The number of methoxy groups -OCH3 is 1. The van der Waals surface area contributed by atoms with Crippen LogP contribution >= 0.6 is 11.6 Å². The first kappa shape index (κ1) is 13.0. The molecule has 5 nitrogen and oxygen atoms in total. The fraction of sp³-hybridized carbons (Fsp3) is 0.286. The van der Waals surface area contributed by atoms with Crippen molar-refractivity contribution < 1.29 is 4.74 Å². The quantitative estimate of drug-likeness (QED) is 0.694. The molecule has 0 unspecified atom stereocenters. The molecular weight excluding hydrogens is 276 g/mol. The molecule has 0 fully saturated rings. The van der Waals surface area contributed by atoms with Gasteiger partial charge in [0.05, 0.1) is 31.2 Å². The van der Waals surface area contributed by atoms with Gasteiger partial charge in [-0.3, -0.25) is 4.68 Å². The Bertz CT molecular complexity index is 747. The summed E-state index contributed by atoms with van der Waals surface area (Å²) >= 11 is 6.03. The molecule has 20 heavy (non-hydrogen) atoms. The zero-order chi connectivity index (χ0) is 14.1. The summed E-state index contributed by atoms with van der Waals surface area (Å²) in [6.45, 7) is 0.694. The van der Waals surface area contributed by atoms with Crippen molar-refractivity contribution in [3.8, 4) is 5.75 Å². The summed E-state index contributed by atoms with van der Waals surface area (Å²) in [6.07, 6.45) is 3.84. The lowest BCUT2D eigenvalue weighted by Crippen LogP contribution is -2.03. The van der Waals surface area contributed by atoms with Crippen molar-refractivity contribution >= 4 is 22.6 Å². The summed E-state index contributed by atoms with van der Waals surface area (Å²) in [5.74, 6) is 1.95. The monoisotopic (exact) mass is 290 g/mol. The van der Waals surface area contributed by atoms with E-state index in [9.17, 15) is 0 Å². The standard InChI is InChI=1S/C14H15ClN4O/c1-18-8-10(7-16-18)9-19-11-4-3-5-12(20-2)14(11)17-13(19)6-15/h3-5,7-8H,6,9H2,1-2H3. The molecule has 0 spiro atoms. The van der Waals surface area contributed by atoms with Crippen molar-refractivity contribution in [2.45, 2.75) is 12.4 Å². The molecule has 0 aliphatic rings. The maximum atomic E-state index is 6.03. The van der Waals surface area contributed by atoms with Crippen LogP contribution < -0.4 is 4.74 Å². The van der Waals surface area contributed by atoms with Crippen LogP contribution in [-0.4, -0.2) is 26.4 Å². The zero-order valence-corrected chi connectivity index (χ0v) is 12.1. The Kier molecular flexibility index (Phi) is 3.36. The van der Waals surface area contributed by atoms with E-state index in [0.717, 1.165) is 28.2 Å². The first-order chi connectivity index (χ1) is 9.72. The highest BCUT2D eigenvalue weighted by Crippen LogP contribution is 2.27. The average molecular weight is 291 g/mol. The molecule has 0 saturated carbocycles. The zero-order valence-electron chi connectivity index (χ0n) is 11.4. The van der Waals surface area contributed by atoms with Crippen LogP contribution in [0.2, 0.25) is 0 Å². The van der Waals surface area contributed by atoms with Gasteiger partial charge in [-0.1, -0.05) is 6.07 Å². The van der Waals surface area contributed by atoms with Gasteiger partial charge in [0, 0.05) is 18.8 Å². The van der Waals surface area contributed by atoms with E-state index in [2.05, 4.69) is 14.6 Å². The second-order valence-corrected chi connectivity index (χ2v) is 4.87. The molecule has 0 saturated heterocycles. The van der Waals surface area contributed by atoms with Crippen LogP contribution in [0.5, 0.6) is 5.75 Å². The molecule has 2 heterocycles. The van der Waals surface area contributed by atoms with E-state index < -0.39 is 0 Å². The van der Waals surface area contributed by atoms with Crippen LogP contribution in [-0.2, 0) is 19.5 Å². The predicted molar refractivity (Wildman–Crippen MR) is 78.2 cm³/mol. The van der Waals surface area contributed by atoms with E-state index in [1.54, 1.807) is 11.8 Å². The summed E-state index contributed by atoms with van der Waals surface area (Å²) < 4.78 is 9.25. The minimum atomic E-state index is 0.359. The Hall–Kier alpha value is -2.01. The van der Waals surface area contributed by atoms with Gasteiger partial charge in [-0.2, -0.15) is 5.10 Å². The second kappa shape index (κ2) is 5.17. The summed E-state index contributed by atoms with van der Waals surface area (Å²) in [5.41, 5.74) is 2.97. The summed E-state index contributed by atoms with van der Waals surface area (Å²) in [7, 11) is 3.55. The number of ether oxygens (including phenoxy) is 1. The molecule has 3 aromatic rings. The van der Waals surface area contributed by atoms with Gasteiger partial charge in [-0.25, -0.2) is 4.98 Å². The number of fused-ring (bicyclic) bond motifs is 1. The third-order valence-corrected chi connectivity index (χ3v) is 3.50. The van der Waals surface area contributed by atoms with Crippen molar-refractivity contribution in [1.29, 1.82) is 0 Å². The van der Waals surface area contributed by atoms with Crippen molar-refractivity contribution in [3.05, 3.63) is 42.0 Å². The highest BCUT2D eigenvalue weighted by atomic mass is 35.5. The van der Waals surface area contributed by atoms with Crippen LogP contribution in [0.4, 0.5) is 0 Å². The van der Waals surface area contributed by atoms with Crippen LogP contribution in [0.15, 0.2) is 30.6 Å². The van der Waals surface area contributed by atoms with E-state index in [1.807, 2.05) is 37.6 Å². The number of rotatable bonds is 4. The molecular formula is C14H15ClN4O. The van der Waals surface area contributed by atoms with Crippen LogP contribution in [0, 0.1) is 0 Å². The topological polar surface area (TPSA) is 44.9 Å². The number of aromatic nitrogens is 4. The molecule has 0 atom stereocenters. The highest BCUT2D eigenvalue weighted by Gasteiger charge is 2.14. The molecule has 0 bridgehead atoms. The number of aryl methyl sites for hydroxylation is 1. The Morgan fingerprint density at radius 3 is 2.85 bits per heavy atom. The molecule has 0 N–H and O–H groups in total. The van der Waals surface area contributed by atoms with Gasteiger partial charge in [-0.15, -0.1) is 11.6 Å². The first-order valence-corrected chi connectivity index (χ1v) is 6.82. The van der Waals surface area contributed by atoms with Gasteiger partial charge in [0.25, 0.3) is 0 Å². The van der Waals surface area contributed by atoms with E-state index in [0.29, 0.717) is 12.4 Å². The largest absolute Gasteiger partial charge is 0.494 e. The summed E-state index contributed by atoms with van der Waals surface area (Å²) in [5, 5.41) is 4.19. The third-order valence-electron chi connectivity index (χ3n) is 3.26. The van der Waals surface area contributed by atoms with E-state index in [4.69, 9.17) is 16.3 Å². The number of alkyl halides is 1. The van der Waals surface area contributed by atoms with Gasteiger partial charge < -0.3 is 9.30 Å². The van der Waals surface area contributed by atoms with Crippen molar-refractivity contribution in [2.24, 2.45) is 7.05 Å². The lowest BCUT2D eigenvalue weighted by molar-refractivity contribution is 0.419. The van der Waals surface area contributed by atoms with E-state index >= 15 is 0 Å². The van der Waals surface area contributed by atoms with Crippen molar-refractivity contribution in [1.82, 2.24) is 19.3 Å². The van der Waals surface area contributed by atoms with Crippen molar-refractivity contribution in [2.75, 3.05) is 7.11 Å². The normalized spacial score (nSPS) is 11.2. The van der Waals surface area contributed by atoms with Gasteiger partial charge in [0.15, 0.2) is 0 Å². The molecule has 0 radical (unpaired) electrons. The highest BCUT2D eigenvalue weighted by molar-refractivity contribution is 6.16. The third kappa shape index (κ3) is 2.14. The van der Waals surface area contributed by atoms with Crippen LogP contribution in [0.25, 0.3) is 11.0 Å². The molecule has 0 aliphatic carbocycles. The predicted octanol–water partition coefficient (Wildman–Crippen LogP) is 2.57. The molecule has 1 aromatic carbocycles. The Morgan fingerprint density at radius 2 is 2.20 bits per heavy atom. The number of imidazole rings is 1. The maximum Gasteiger partial charge on any atom is 0.146 e. The van der Waals surface area contributed by atoms with Gasteiger partial charge >= 0.3 is 0 Å². The minimum absolute atomic E-state index is 0.359. The SMILES string of the molecule is COc1cccc2c1nc(CCl)n2Cc1cnn(C)c1. The molecule has 0 amide bonds. The lowest BCUT2D eigenvalue weighted by atomic mass is 10.3. The molecule has 2 aromatic heterocycles. The number of para-hydroxylation sites is 1. The minimum Gasteiger partial charge on any atom is -0.494 e. The fourth-order valence-corrected chi connectivity index (χ4v) is 2.55. The smallest absolute Gasteiger partial charge is 0.146 e. The Labute approximate surface area is 121 Å². The molecule has 6 heteroatoms. The number of benzene rings is 1. The Morgan fingerprint density at radius 1 is 1.35 bits per heavy atom. The van der Waals surface area contributed by atoms with Gasteiger partial charge in [-0.05, 0) is 12.1 Å². The fourth-order valence-electron chi connectivity index (χ4n) is 2.35. The molecule has 0 aliphatic heterocycles. The Balaban J connectivity index is 2.13. The lowest BCUT2D eigenvalue weighted by Gasteiger charge is -2.06. The maximum absolute atomic E-state index is 6.03. The van der Waals surface area contributed by atoms with E-state index in [-0.39, 0.29) is 0 Å². The van der Waals surface area contributed by atoms with Crippen molar-refractivity contribution in [3.63, 3.8) is 0 Å². The number of hydrogen-bond donors (Lipinski definition) is 0. The first-order valence-electron chi connectivity index (χ1n) is 6.28. The van der Waals surface area contributed by atoms with Crippen LogP contribution in [0.1, 0.15) is 11.4 Å². The second-order valence-electron chi connectivity index (χ2n) is 4.60. The summed E-state index contributed by atoms with van der Waals surface area (Å²) in [4.78, 5) is 4.58. The molecule has 104 valence electrons. The van der Waals surface area contributed by atoms with Gasteiger partial charge in [0.2, 0.25) is 0 Å². The number of hydrogen-bond acceptors (Lipinski definition) is 3. The van der Waals surface area contributed by atoms with E-state index in [1.165, 1.54) is 0 Å². The van der Waals surface area contributed by atoms with Gasteiger partial charge in [0.1, 0.15) is 17.1 Å². The average Bonchev–Trinajstić information content (AvgIpc) is 3.03. The summed E-state index contributed by atoms with van der Waals surface area (Å²) in [6, 6.07) is 5.89.